The van der Waals surface area contributed by atoms with Crippen LogP contribution in [0.25, 0.3) is 11.3 Å². The number of furan rings is 1. The first-order valence-corrected chi connectivity index (χ1v) is 9.32. The van der Waals surface area contributed by atoms with Gasteiger partial charge in [-0.05, 0) is 42.0 Å². The summed E-state index contributed by atoms with van der Waals surface area (Å²) >= 11 is 5.90. The molecule has 0 aliphatic heterocycles. The van der Waals surface area contributed by atoms with Gasteiger partial charge < -0.3 is 15.1 Å². The average molecular weight is 397 g/mol. The Morgan fingerprint density at radius 3 is 2.39 bits per heavy atom. The number of amides is 2. The molecule has 3 aromatic rings. The lowest BCUT2D eigenvalue weighted by Crippen LogP contribution is -2.32. The first-order chi connectivity index (χ1) is 13.5. The van der Waals surface area contributed by atoms with E-state index in [0.29, 0.717) is 16.5 Å². The van der Waals surface area contributed by atoms with E-state index >= 15 is 0 Å². The SMILES string of the molecule is CC(=O)N[C@H](CC(=O)NCc1ccc(-c2ccc(Cl)cc2)o1)c1ccccc1. The van der Waals surface area contributed by atoms with E-state index in [1.807, 2.05) is 54.6 Å². The van der Waals surface area contributed by atoms with Crippen molar-refractivity contribution in [2.75, 3.05) is 0 Å². The van der Waals surface area contributed by atoms with Crippen molar-refractivity contribution in [1.29, 1.82) is 0 Å². The molecule has 0 aliphatic rings. The number of nitrogens with one attached hydrogen (secondary N) is 2. The summed E-state index contributed by atoms with van der Waals surface area (Å²) < 4.78 is 5.79. The molecule has 2 amide bonds. The predicted octanol–water partition coefficient (Wildman–Crippen LogP) is 4.48. The molecule has 1 heterocycles. The first-order valence-electron chi connectivity index (χ1n) is 8.94. The Kier molecular flexibility index (Phi) is 6.50. The zero-order chi connectivity index (χ0) is 19.9. The fraction of sp³-hybridized carbons (Fsp3) is 0.182. The highest BCUT2D eigenvalue weighted by Crippen LogP contribution is 2.24. The quantitative estimate of drug-likeness (QED) is 0.618. The molecular weight excluding hydrogens is 376 g/mol. The molecule has 0 radical (unpaired) electrons. The normalized spacial score (nSPS) is 11.6. The smallest absolute Gasteiger partial charge is 0.222 e. The van der Waals surface area contributed by atoms with Gasteiger partial charge in [0.15, 0.2) is 0 Å². The molecule has 3 rings (SSSR count). The van der Waals surface area contributed by atoms with Gasteiger partial charge in [-0.15, -0.1) is 0 Å². The van der Waals surface area contributed by atoms with Crippen molar-refractivity contribution in [2.24, 2.45) is 0 Å². The summed E-state index contributed by atoms with van der Waals surface area (Å²) in [6.45, 7) is 1.71. The summed E-state index contributed by atoms with van der Waals surface area (Å²) in [6, 6.07) is 20.1. The minimum Gasteiger partial charge on any atom is -0.459 e. The van der Waals surface area contributed by atoms with Crippen LogP contribution in [0.2, 0.25) is 5.02 Å². The topological polar surface area (TPSA) is 71.3 Å². The van der Waals surface area contributed by atoms with Gasteiger partial charge in [-0.3, -0.25) is 9.59 Å². The molecule has 0 unspecified atom stereocenters. The van der Waals surface area contributed by atoms with E-state index in [9.17, 15) is 9.59 Å². The maximum Gasteiger partial charge on any atom is 0.222 e. The third-order valence-corrected chi connectivity index (χ3v) is 4.47. The van der Waals surface area contributed by atoms with Crippen molar-refractivity contribution in [3.63, 3.8) is 0 Å². The highest BCUT2D eigenvalue weighted by atomic mass is 35.5. The highest BCUT2D eigenvalue weighted by molar-refractivity contribution is 6.30. The van der Waals surface area contributed by atoms with Crippen LogP contribution in [0.1, 0.15) is 30.7 Å². The van der Waals surface area contributed by atoms with Crippen molar-refractivity contribution in [2.45, 2.75) is 25.9 Å². The fourth-order valence-electron chi connectivity index (χ4n) is 2.87. The van der Waals surface area contributed by atoms with Gasteiger partial charge in [0, 0.05) is 17.5 Å². The van der Waals surface area contributed by atoms with Gasteiger partial charge in [0.2, 0.25) is 11.8 Å². The molecule has 144 valence electrons. The lowest BCUT2D eigenvalue weighted by Gasteiger charge is -2.17. The second-order valence-corrected chi connectivity index (χ2v) is 6.85. The molecule has 0 bridgehead atoms. The largest absolute Gasteiger partial charge is 0.459 e. The van der Waals surface area contributed by atoms with Crippen LogP contribution < -0.4 is 10.6 Å². The van der Waals surface area contributed by atoms with Gasteiger partial charge in [0.1, 0.15) is 11.5 Å². The number of benzene rings is 2. The van der Waals surface area contributed by atoms with Crippen LogP contribution in [-0.2, 0) is 16.1 Å². The van der Waals surface area contributed by atoms with Gasteiger partial charge in [0.05, 0.1) is 19.0 Å². The van der Waals surface area contributed by atoms with Crippen LogP contribution in [0.4, 0.5) is 0 Å². The van der Waals surface area contributed by atoms with Crippen LogP contribution >= 0.6 is 11.6 Å². The van der Waals surface area contributed by atoms with Crippen molar-refractivity contribution >= 4 is 23.4 Å². The van der Waals surface area contributed by atoms with Crippen molar-refractivity contribution < 1.29 is 14.0 Å². The minimum atomic E-state index is -0.375. The second-order valence-electron chi connectivity index (χ2n) is 6.42. The zero-order valence-corrected chi connectivity index (χ0v) is 16.2. The molecule has 5 nitrogen and oxygen atoms in total. The molecule has 6 heteroatoms. The molecule has 1 aromatic heterocycles. The molecule has 28 heavy (non-hydrogen) atoms. The van der Waals surface area contributed by atoms with Gasteiger partial charge in [-0.2, -0.15) is 0 Å². The van der Waals surface area contributed by atoms with Crippen LogP contribution in [0.5, 0.6) is 0 Å². The maximum absolute atomic E-state index is 12.4. The fourth-order valence-corrected chi connectivity index (χ4v) is 2.99. The van der Waals surface area contributed by atoms with E-state index in [4.69, 9.17) is 16.0 Å². The monoisotopic (exact) mass is 396 g/mol. The lowest BCUT2D eigenvalue weighted by molar-refractivity contribution is -0.123. The van der Waals surface area contributed by atoms with E-state index in [0.717, 1.165) is 11.1 Å². The molecular formula is C22H21ClN2O3. The Morgan fingerprint density at radius 1 is 1.00 bits per heavy atom. The molecule has 0 spiro atoms. The van der Waals surface area contributed by atoms with Gasteiger partial charge in [-0.25, -0.2) is 0 Å². The Balaban J connectivity index is 1.58. The lowest BCUT2D eigenvalue weighted by atomic mass is 10.0. The summed E-state index contributed by atoms with van der Waals surface area (Å²) in [4.78, 5) is 23.9. The first kappa shape index (κ1) is 19.7. The van der Waals surface area contributed by atoms with Gasteiger partial charge in [0.25, 0.3) is 0 Å². The molecule has 0 saturated heterocycles. The van der Waals surface area contributed by atoms with Gasteiger partial charge in [-0.1, -0.05) is 41.9 Å². The summed E-state index contributed by atoms with van der Waals surface area (Å²) in [6.07, 6.45) is 0.147. The van der Waals surface area contributed by atoms with Crippen molar-refractivity contribution in [1.82, 2.24) is 10.6 Å². The van der Waals surface area contributed by atoms with Crippen molar-refractivity contribution in [3.05, 3.63) is 83.1 Å². The highest BCUT2D eigenvalue weighted by Gasteiger charge is 2.17. The van der Waals surface area contributed by atoms with E-state index in [-0.39, 0.29) is 30.8 Å². The molecule has 2 N–H and O–H groups in total. The number of carbonyl (C=O) groups excluding carboxylic acids is 2. The molecule has 0 fully saturated rings. The standard InChI is InChI=1S/C22H21ClN2O3/c1-15(26)25-20(16-5-3-2-4-6-16)13-22(27)24-14-19-11-12-21(28-19)17-7-9-18(23)10-8-17/h2-12,20H,13-14H2,1H3,(H,24,27)(H,25,26)/t20-/m1/s1. The van der Waals surface area contributed by atoms with E-state index in [1.54, 1.807) is 12.1 Å². The van der Waals surface area contributed by atoms with Gasteiger partial charge >= 0.3 is 0 Å². The second kappa shape index (κ2) is 9.24. The summed E-state index contributed by atoms with van der Waals surface area (Å²) in [7, 11) is 0. The molecule has 1 atom stereocenters. The number of carbonyl (C=O) groups is 2. The van der Waals surface area contributed by atoms with Crippen LogP contribution in [0, 0.1) is 0 Å². The Labute approximate surface area is 168 Å². The zero-order valence-electron chi connectivity index (χ0n) is 15.4. The number of halogens is 1. The van der Waals surface area contributed by atoms with Crippen LogP contribution in [0.15, 0.2) is 71.1 Å². The van der Waals surface area contributed by atoms with E-state index in [2.05, 4.69) is 10.6 Å². The summed E-state index contributed by atoms with van der Waals surface area (Å²) in [5, 5.41) is 6.32. The summed E-state index contributed by atoms with van der Waals surface area (Å²) in [5.41, 5.74) is 1.80. The third kappa shape index (κ3) is 5.47. The molecule has 0 saturated carbocycles. The Morgan fingerprint density at radius 2 is 1.71 bits per heavy atom. The Hall–Kier alpha value is -3.05. The molecule has 2 aromatic carbocycles. The minimum absolute atomic E-state index is 0.147. The Bertz CT molecular complexity index is 936. The average Bonchev–Trinajstić information content (AvgIpc) is 3.16. The van der Waals surface area contributed by atoms with Crippen molar-refractivity contribution in [3.8, 4) is 11.3 Å². The maximum atomic E-state index is 12.4. The number of rotatable bonds is 7. The van der Waals surface area contributed by atoms with Crippen LogP contribution in [-0.4, -0.2) is 11.8 Å². The predicted molar refractivity (Wildman–Crippen MR) is 109 cm³/mol. The van der Waals surface area contributed by atoms with E-state index in [1.165, 1.54) is 6.92 Å². The van der Waals surface area contributed by atoms with Crippen LogP contribution in [0.3, 0.4) is 0 Å². The number of hydrogen-bond donors (Lipinski definition) is 2. The van der Waals surface area contributed by atoms with E-state index < -0.39 is 0 Å². The third-order valence-electron chi connectivity index (χ3n) is 4.22. The number of hydrogen-bond acceptors (Lipinski definition) is 3. The molecule has 0 aliphatic carbocycles. The summed E-state index contributed by atoms with van der Waals surface area (Å²) in [5.74, 6) is 1.00.